The summed E-state index contributed by atoms with van der Waals surface area (Å²) in [5.74, 6) is -0.544. The second-order valence-corrected chi connectivity index (χ2v) is 5.49. The lowest BCUT2D eigenvalue weighted by Crippen LogP contribution is -2.43. The summed E-state index contributed by atoms with van der Waals surface area (Å²) >= 11 is 0. The summed E-state index contributed by atoms with van der Waals surface area (Å²) in [6, 6.07) is 8.05. The molecule has 23 heavy (non-hydrogen) atoms. The van der Waals surface area contributed by atoms with Crippen molar-refractivity contribution in [2.45, 2.75) is 6.04 Å². The van der Waals surface area contributed by atoms with E-state index in [1.807, 2.05) is 6.07 Å². The molecule has 0 radical (unpaired) electrons. The highest BCUT2D eigenvalue weighted by atomic mass is 19.1. The number of nitrogens with one attached hydrogen (secondary N) is 2. The van der Waals surface area contributed by atoms with Gasteiger partial charge in [-0.3, -0.25) is 9.89 Å². The van der Waals surface area contributed by atoms with Crippen molar-refractivity contribution in [1.29, 1.82) is 0 Å². The van der Waals surface area contributed by atoms with Gasteiger partial charge in [-0.15, -0.1) is 0 Å². The van der Waals surface area contributed by atoms with Gasteiger partial charge in [0.25, 0.3) is 5.91 Å². The number of aromatic nitrogens is 3. The zero-order chi connectivity index (χ0) is 15.8. The summed E-state index contributed by atoms with van der Waals surface area (Å²) in [4.78, 5) is 17.5. The molecular formula is C16H15FN4O2. The van der Waals surface area contributed by atoms with Crippen LogP contribution in [0, 0.1) is 5.82 Å². The number of halogens is 1. The van der Waals surface area contributed by atoms with Crippen molar-refractivity contribution in [2.75, 3.05) is 19.8 Å². The van der Waals surface area contributed by atoms with E-state index in [-0.39, 0.29) is 17.8 Å². The molecule has 0 spiro atoms. The van der Waals surface area contributed by atoms with Gasteiger partial charge in [-0.25, -0.2) is 4.39 Å². The molecule has 1 aliphatic rings. The number of H-pyrrole nitrogens is 2. The van der Waals surface area contributed by atoms with E-state index >= 15 is 0 Å². The molecule has 0 aliphatic carbocycles. The number of morpholine rings is 1. The Labute approximate surface area is 131 Å². The molecule has 1 atom stereocenters. The maximum atomic E-state index is 13.8. The van der Waals surface area contributed by atoms with E-state index in [1.54, 1.807) is 29.3 Å². The van der Waals surface area contributed by atoms with Gasteiger partial charge in [0.2, 0.25) is 0 Å². The van der Waals surface area contributed by atoms with Crippen LogP contribution in [0.15, 0.2) is 36.5 Å². The highest BCUT2D eigenvalue weighted by Gasteiger charge is 2.31. The van der Waals surface area contributed by atoms with Crippen molar-refractivity contribution >= 4 is 16.8 Å². The van der Waals surface area contributed by atoms with Crippen molar-refractivity contribution in [1.82, 2.24) is 20.1 Å². The minimum atomic E-state index is -0.367. The minimum Gasteiger partial charge on any atom is -0.377 e. The van der Waals surface area contributed by atoms with Gasteiger partial charge >= 0.3 is 0 Å². The summed E-state index contributed by atoms with van der Waals surface area (Å²) in [6.07, 6.45) is 1.64. The van der Waals surface area contributed by atoms with Crippen molar-refractivity contribution < 1.29 is 13.9 Å². The molecule has 4 rings (SSSR count). The first-order valence-electron chi connectivity index (χ1n) is 7.39. The van der Waals surface area contributed by atoms with Gasteiger partial charge in [-0.1, -0.05) is 12.1 Å². The number of para-hydroxylation sites is 1. The van der Waals surface area contributed by atoms with Gasteiger partial charge in [-0.2, -0.15) is 5.10 Å². The number of hydrogen-bond donors (Lipinski definition) is 2. The minimum absolute atomic E-state index is 0.177. The molecule has 1 unspecified atom stereocenters. The highest BCUT2D eigenvalue weighted by molar-refractivity contribution is 5.98. The summed E-state index contributed by atoms with van der Waals surface area (Å²) < 4.78 is 19.3. The van der Waals surface area contributed by atoms with Crippen LogP contribution in [-0.2, 0) is 4.74 Å². The van der Waals surface area contributed by atoms with Crippen molar-refractivity contribution in [3.05, 3.63) is 53.7 Å². The number of rotatable bonds is 2. The van der Waals surface area contributed by atoms with Crippen molar-refractivity contribution in [3.63, 3.8) is 0 Å². The Bertz CT molecular complexity index is 843. The van der Waals surface area contributed by atoms with Crippen LogP contribution in [0.2, 0.25) is 0 Å². The van der Waals surface area contributed by atoms with E-state index in [0.717, 1.165) is 5.69 Å². The van der Waals surface area contributed by atoms with E-state index in [1.165, 1.54) is 6.07 Å². The molecule has 3 aromatic rings. The van der Waals surface area contributed by atoms with Gasteiger partial charge in [0.05, 0.1) is 30.5 Å². The zero-order valence-corrected chi connectivity index (χ0v) is 12.3. The molecule has 3 heterocycles. The maximum Gasteiger partial charge on any atom is 0.271 e. The quantitative estimate of drug-likeness (QED) is 0.762. The first-order valence-corrected chi connectivity index (χ1v) is 7.39. The largest absolute Gasteiger partial charge is 0.377 e. The third-order valence-corrected chi connectivity index (χ3v) is 4.11. The second-order valence-electron chi connectivity index (χ2n) is 5.49. The van der Waals surface area contributed by atoms with Gasteiger partial charge in [-0.05, 0) is 18.2 Å². The molecule has 1 aromatic carbocycles. The number of hydrogen-bond acceptors (Lipinski definition) is 3. The highest BCUT2D eigenvalue weighted by Crippen LogP contribution is 2.26. The number of amides is 1. The Balaban J connectivity index is 1.69. The molecule has 2 aromatic heterocycles. The molecule has 0 bridgehead atoms. The molecule has 1 amide bonds. The summed E-state index contributed by atoms with van der Waals surface area (Å²) in [7, 11) is 0. The second kappa shape index (κ2) is 5.51. The molecule has 6 nitrogen and oxygen atoms in total. The monoisotopic (exact) mass is 314 g/mol. The fourth-order valence-electron chi connectivity index (χ4n) is 2.95. The van der Waals surface area contributed by atoms with Crippen LogP contribution >= 0.6 is 0 Å². The van der Waals surface area contributed by atoms with Gasteiger partial charge in [0.15, 0.2) is 0 Å². The van der Waals surface area contributed by atoms with E-state index in [9.17, 15) is 9.18 Å². The van der Waals surface area contributed by atoms with E-state index in [2.05, 4.69) is 15.2 Å². The van der Waals surface area contributed by atoms with Gasteiger partial charge in [0, 0.05) is 18.1 Å². The predicted molar refractivity (Wildman–Crippen MR) is 81.4 cm³/mol. The number of aromatic amines is 2. The number of nitrogens with zero attached hydrogens (tertiary/aromatic N) is 2. The molecule has 7 heteroatoms. The van der Waals surface area contributed by atoms with Crippen LogP contribution in [0.4, 0.5) is 4.39 Å². The van der Waals surface area contributed by atoms with E-state index in [4.69, 9.17) is 4.74 Å². The summed E-state index contributed by atoms with van der Waals surface area (Å²) in [5, 5.41) is 7.50. The first-order chi connectivity index (χ1) is 11.2. The number of fused-ring (bicyclic) bond motifs is 1. The van der Waals surface area contributed by atoms with Gasteiger partial charge in [0.1, 0.15) is 11.5 Å². The van der Waals surface area contributed by atoms with Crippen LogP contribution in [0.5, 0.6) is 0 Å². The summed E-state index contributed by atoms with van der Waals surface area (Å²) in [5.41, 5.74) is 1.54. The number of ether oxygens (including phenoxy) is 1. The lowest BCUT2D eigenvalue weighted by Gasteiger charge is -2.34. The third-order valence-electron chi connectivity index (χ3n) is 4.11. The van der Waals surface area contributed by atoms with Crippen molar-refractivity contribution in [2.24, 2.45) is 0 Å². The molecule has 2 N–H and O–H groups in total. The van der Waals surface area contributed by atoms with Crippen LogP contribution < -0.4 is 0 Å². The average Bonchev–Trinajstić information content (AvgIpc) is 3.24. The number of carbonyl (C=O) groups is 1. The van der Waals surface area contributed by atoms with Crippen LogP contribution in [0.25, 0.3) is 10.9 Å². The molecule has 1 saturated heterocycles. The summed E-state index contributed by atoms with van der Waals surface area (Å²) in [6.45, 7) is 1.36. The van der Waals surface area contributed by atoms with Gasteiger partial charge < -0.3 is 14.6 Å². The predicted octanol–water partition coefficient (Wildman–Crippen LogP) is 2.24. The Morgan fingerprint density at radius 3 is 3.09 bits per heavy atom. The topological polar surface area (TPSA) is 74.0 Å². The smallest absolute Gasteiger partial charge is 0.271 e. The Hall–Kier alpha value is -2.67. The molecule has 0 saturated carbocycles. The average molecular weight is 314 g/mol. The SMILES string of the molecule is O=C(c1cc2cccc(F)c2[nH]1)N1CCOCC1c1ccn[nH]1. The lowest BCUT2D eigenvalue weighted by molar-refractivity contribution is -0.00416. The number of carbonyl (C=O) groups excluding carboxylic acids is 1. The molecule has 118 valence electrons. The Kier molecular flexibility index (Phi) is 3.34. The fraction of sp³-hybridized carbons (Fsp3) is 0.250. The molecule has 1 aliphatic heterocycles. The molecular weight excluding hydrogens is 299 g/mol. The first kappa shape index (κ1) is 14.0. The number of benzene rings is 1. The van der Waals surface area contributed by atoms with Crippen LogP contribution in [0.1, 0.15) is 22.2 Å². The standard InChI is InChI=1S/C16H15FN4O2/c17-11-3-1-2-10-8-13(19-15(10)11)16(22)21-6-7-23-9-14(21)12-4-5-18-20-12/h1-5,8,14,19H,6-7,9H2,(H,18,20). The van der Waals surface area contributed by atoms with E-state index < -0.39 is 0 Å². The van der Waals surface area contributed by atoms with Crippen LogP contribution in [-0.4, -0.2) is 45.7 Å². The molecule has 1 fully saturated rings. The van der Waals surface area contributed by atoms with Crippen LogP contribution in [0.3, 0.4) is 0 Å². The third kappa shape index (κ3) is 2.39. The normalized spacial score (nSPS) is 18.5. The Morgan fingerprint density at radius 1 is 1.39 bits per heavy atom. The Morgan fingerprint density at radius 2 is 2.30 bits per heavy atom. The zero-order valence-electron chi connectivity index (χ0n) is 12.3. The van der Waals surface area contributed by atoms with E-state index in [0.29, 0.717) is 36.4 Å². The lowest BCUT2D eigenvalue weighted by atomic mass is 10.1. The fourth-order valence-corrected chi connectivity index (χ4v) is 2.95. The van der Waals surface area contributed by atoms with Crippen molar-refractivity contribution in [3.8, 4) is 0 Å². The maximum absolute atomic E-state index is 13.8.